The van der Waals surface area contributed by atoms with Crippen molar-refractivity contribution in [3.05, 3.63) is 65.2 Å². The average molecular weight is 379 g/mol. The van der Waals surface area contributed by atoms with Gasteiger partial charge in [-0.1, -0.05) is 54.1 Å². The van der Waals surface area contributed by atoms with Gasteiger partial charge in [0, 0.05) is 32.2 Å². The van der Waals surface area contributed by atoms with Gasteiger partial charge in [-0.15, -0.1) is 0 Å². The van der Waals surface area contributed by atoms with Crippen molar-refractivity contribution >= 4 is 21.6 Å². The molecule has 1 unspecified atom stereocenters. The van der Waals surface area contributed by atoms with Crippen molar-refractivity contribution in [1.29, 1.82) is 0 Å². The number of piperazine rings is 1. The van der Waals surface area contributed by atoms with E-state index in [-0.39, 0.29) is 16.0 Å². The molecule has 2 aromatic carbocycles. The quantitative estimate of drug-likeness (QED) is 0.801. The number of hydrogen-bond acceptors (Lipinski definition) is 3. The van der Waals surface area contributed by atoms with Crippen LogP contribution >= 0.6 is 11.6 Å². The molecule has 134 valence electrons. The number of hydrogen-bond donors (Lipinski definition) is 0. The van der Waals surface area contributed by atoms with Crippen molar-refractivity contribution in [2.75, 3.05) is 26.2 Å². The maximum Gasteiger partial charge on any atom is 0.244 e. The van der Waals surface area contributed by atoms with Gasteiger partial charge in [-0.2, -0.15) is 4.31 Å². The zero-order chi connectivity index (χ0) is 17.9. The summed E-state index contributed by atoms with van der Waals surface area (Å²) in [6, 6.07) is 17.2. The molecule has 2 aromatic rings. The first kappa shape index (κ1) is 18.4. The number of halogens is 1. The highest BCUT2D eigenvalue weighted by Gasteiger charge is 2.33. The van der Waals surface area contributed by atoms with Crippen LogP contribution in [-0.2, 0) is 16.4 Å². The Hall–Kier alpha value is -1.40. The third kappa shape index (κ3) is 4.23. The molecule has 0 spiro atoms. The van der Waals surface area contributed by atoms with Crippen LogP contribution in [0.1, 0.15) is 12.5 Å². The summed E-state index contributed by atoms with van der Waals surface area (Å²) < 4.78 is 27.3. The summed E-state index contributed by atoms with van der Waals surface area (Å²) in [5.41, 5.74) is 1.31. The van der Waals surface area contributed by atoms with Crippen molar-refractivity contribution < 1.29 is 8.42 Å². The Balaban J connectivity index is 1.64. The van der Waals surface area contributed by atoms with Gasteiger partial charge in [-0.3, -0.25) is 4.90 Å². The molecule has 25 heavy (non-hydrogen) atoms. The molecule has 0 radical (unpaired) electrons. The Morgan fingerprint density at radius 1 is 1.04 bits per heavy atom. The van der Waals surface area contributed by atoms with Crippen molar-refractivity contribution in [1.82, 2.24) is 9.21 Å². The van der Waals surface area contributed by atoms with Crippen molar-refractivity contribution in [2.24, 2.45) is 0 Å². The first-order valence-corrected chi connectivity index (χ1v) is 10.3. The van der Waals surface area contributed by atoms with Crippen molar-refractivity contribution in [3.63, 3.8) is 0 Å². The van der Waals surface area contributed by atoms with Crippen LogP contribution in [0.2, 0.25) is 5.02 Å². The predicted molar refractivity (Wildman–Crippen MR) is 101 cm³/mol. The van der Waals surface area contributed by atoms with E-state index in [2.05, 4.69) is 24.0 Å². The van der Waals surface area contributed by atoms with Gasteiger partial charge in [-0.05, 0) is 31.0 Å². The summed E-state index contributed by atoms with van der Waals surface area (Å²) in [6.07, 6.45) is 0.975. The molecule has 0 aromatic heterocycles. The van der Waals surface area contributed by atoms with E-state index < -0.39 is 10.0 Å². The van der Waals surface area contributed by atoms with E-state index in [4.69, 9.17) is 11.6 Å². The standard InChI is InChI=1S/C19H23ClN2O2S/c1-16-15-22(25(23,24)19-10-6-5-9-18(19)20)14-13-21(16)12-11-17-7-3-2-4-8-17/h2-10,16H,11-15H2,1H3. The summed E-state index contributed by atoms with van der Waals surface area (Å²) in [6.45, 7) is 4.73. The van der Waals surface area contributed by atoms with Crippen LogP contribution in [0.5, 0.6) is 0 Å². The topological polar surface area (TPSA) is 40.6 Å². The van der Waals surface area contributed by atoms with Gasteiger partial charge in [0.1, 0.15) is 4.90 Å². The van der Waals surface area contributed by atoms with E-state index >= 15 is 0 Å². The Bertz CT molecular complexity index is 811. The normalized spacial score (nSPS) is 19.8. The minimum atomic E-state index is -3.54. The fourth-order valence-corrected chi connectivity index (χ4v) is 5.23. The van der Waals surface area contributed by atoms with E-state index in [1.807, 2.05) is 18.2 Å². The fraction of sp³-hybridized carbons (Fsp3) is 0.368. The number of benzene rings is 2. The van der Waals surface area contributed by atoms with Crippen LogP contribution in [0.15, 0.2) is 59.5 Å². The molecule has 1 atom stereocenters. The molecule has 0 N–H and O–H groups in total. The van der Waals surface area contributed by atoms with Gasteiger partial charge < -0.3 is 0 Å². The maximum atomic E-state index is 12.9. The largest absolute Gasteiger partial charge is 0.298 e. The van der Waals surface area contributed by atoms with Crippen LogP contribution in [0.4, 0.5) is 0 Å². The van der Waals surface area contributed by atoms with E-state index in [0.29, 0.717) is 13.1 Å². The smallest absolute Gasteiger partial charge is 0.244 e. The van der Waals surface area contributed by atoms with Crippen LogP contribution in [0, 0.1) is 0 Å². The molecular weight excluding hydrogens is 356 g/mol. The summed E-state index contributed by atoms with van der Waals surface area (Å²) in [5, 5.41) is 0.279. The van der Waals surface area contributed by atoms with Gasteiger partial charge >= 0.3 is 0 Å². The third-order valence-electron chi connectivity index (χ3n) is 4.71. The van der Waals surface area contributed by atoms with E-state index in [1.165, 1.54) is 5.56 Å². The minimum absolute atomic E-state index is 0.176. The van der Waals surface area contributed by atoms with Crippen molar-refractivity contribution in [2.45, 2.75) is 24.3 Å². The highest BCUT2D eigenvalue weighted by molar-refractivity contribution is 7.89. The Kier molecular flexibility index (Phi) is 5.79. The molecule has 0 amide bonds. The predicted octanol–water partition coefficient (Wildman–Crippen LogP) is 3.28. The summed E-state index contributed by atoms with van der Waals surface area (Å²) in [7, 11) is -3.54. The molecule has 0 saturated carbocycles. The summed E-state index contributed by atoms with van der Waals surface area (Å²) in [5.74, 6) is 0. The van der Waals surface area contributed by atoms with Crippen LogP contribution in [0.3, 0.4) is 0 Å². The van der Waals surface area contributed by atoms with E-state index in [1.54, 1.807) is 28.6 Å². The monoisotopic (exact) mass is 378 g/mol. The number of rotatable bonds is 5. The zero-order valence-corrected chi connectivity index (χ0v) is 15.9. The third-order valence-corrected chi connectivity index (χ3v) is 7.08. The molecular formula is C19H23ClN2O2S. The van der Waals surface area contributed by atoms with Gasteiger partial charge in [-0.25, -0.2) is 8.42 Å². The molecule has 1 heterocycles. The Labute approximate surface area is 155 Å². The summed E-state index contributed by atoms with van der Waals surface area (Å²) >= 11 is 6.09. The molecule has 3 rings (SSSR count). The first-order chi connectivity index (χ1) is 12.0. The molecule has 1 aliphatic heterocycles. The zero-order valence-electron chi connectivity index (χ0n) is 14.3. The minimum Gasteiger partial charge on any atom is -0.298 e. The van der Waals surface area contributed by atoms with Gasteiger partial charge in [0.05, 0.1) is 5.02 Å². The number of nitrogens with zero attached hydrogens (tertiary/aromatic N) is 2. The SMILES string of the molecule is CC1CN(S(=O)(=O)c2ccccc2Cl)CCN1CCc1ccccc1. The second kappa shape index (κ2) is 7.87. The molecule has 6 heteroatoms. The van der Waals surface area contributed by atoms with E-state index in [0.717, 1.165) is 19.5 Å². The average Bonchev–Trinajstić information content (AvgIpc) is 2.61. The molecule has 1 aliphatic rings. The van der Waals surface area contributed by atoms with Crippen molar-refractivity contribution in [3.8, 4) is 0 Å². The second-order valence-electron chi connectivity index (χ2n) is 6.41. The molecule has 0 aliphatic carbocycles. The lowest BCUT2D eigenvalue weighted by Crippen LogP contribution is -2.53. The lowest BCUT2D eigenvalue weighted by Gasteiger charge is -2.39. The van der Waals surface area contributed by atoms with Gasteiger partial charge in [0.15, 0.2) is 0 Å². The van der Waals surface area contributed by atoms with Gasteiger partial charge in [0.25, 0.3) is 0 Å². The van der Waals surface area contributed by atoms with Crippen LogP contribution in [0.25, 0.3) is 0 Å². The molecule has 4 nitrogen and oxygen atoms in total. The van der Waals surface area contributed by atoms with Gasteiger partial charge in [0.2, 0.25) is 10.0 Å². The highest BCUT2D eigenvalue weighted by Crippen LogP contribution is 2.26. The second-order valence-corrected chi connectivity index (χ2v) is 8.73. The van der Waals surface area contributed by atoms with Crippen LogP contribution < -0.4 is 0 Å². The highest BCUT2D eigenvalue weighted by atomic mass is 35.5. The lowest BCUT2D eigenvalue weighted by molar-refractivity contribution is 0.130. The van der Waals surface area contributed by atoms with Crippen LogP contribution in [-0.4, -0.2) is 49.8 Å². The molecule has 0 bridgehead atoms. The molecule has 1 fully saturated rings. The number of sulfonamides is 1. The maximum absolute atomic E-state index is 12.9. The molecule has 1 saturated heterocycles. The fourth-order valence-electron chi connectivity index (χ4n) is 3.22. The Morgan fingerprint density at radius 2 is 1.72 bits per heavy atom. The lowest BCUT2D eigenvalue weighted by atomic mass is 10.1. The first-order valence-electron chi connectivity index (χ1n) is 8.51. The Morgan fingerprint density at radius 3 is 2.40 bits per heavy atom. The van der Waals surface area contributed by atoms with E-state index in [9.17, 15) is 8.42 Å². The summed E-state index contributed by atoms with van der Waals surface area (Å²) in [4.78, 5) is 2.55.